The lowest BCUT2D eigenvalue weighted by Gasteiger charge is -2.11. The average molecular weight is 355 g/mol. The van der Waals surface area contributed by atoms with Gasteiger partial charge in [-0.3, -0.25) is 4.79 Å². The fraction of sp³-hybridized carbons (Fsp3) is 0.231. The normalized spacial score (nSPS) is 12.0. The van der Waals surface area contributed by atoms with Gasteiger partial charge in [-0.25, -0.2) is 9.18 Å². The predicted octanol–water partition coefficient (Wildman–Crippen LogP) is 3.22. The molecule has 0 fully saturated rings. The Kier molecular flexibility index (Phi) is 6.45. The highest BCUT2D eigenvalue weighted by Gasteiger charge is 2.30. The van der Waals surface area contributed by atoms with Crippen LogP contribution in [0.1, 0.15) is 12.5 Å². The molecule has 21 heavy (non-hydrogen) atoms. The number of hydrogen-bond donors (Lipinski definition) is 1. The first-order valence-electron chi connectivity index (χ1n) is 5.76. The molecule has 0 unspecified atom stereocenters. The Labute approximate surface area is 135 Å². The molecule has 114 valence electrons. The zero-order chi connectivity index (χ0) is 16.0. The summed E-state index contributed by atoms with van der Waals surface area (Å²) in [5.41, 5.74) is 0.346. The van der Waals surface area contributed by atoms with Crippen LogP contribution >= 0.6 is 34.8 Å². The Balaban J connectivity index is 3.05. The van der Waals surface area contributed by atoms with E-state index in [1.807, 2.05) is 0 Å². The summed E-state index contributed by atoms with van der Waals surface area (Å²) in [6.07, 6.45) is 1.05. The van der Waals surface area contributed by atoms with Crippen LogP contribution < -0.4 is 5.32 Å². The van der Waals surface area contributed by atoms with E-state index in [1.54, 1.807) is 6.92 Å². The van der Waals surface area contributed by atoms with Crippen molar-refractivity contribution < 1.29 is 18.7 Å². The summed E-state index contributed by atoms with van der Waals surface area (Å²) in [5, 5.41) is 2.18. The second-order valence-corrected chi connectivity index (χ2v) is 6.04. The fourth-order valence-corrected chi connectivity index (χ4v) is 1.48. The van der Waals surface area contributed by atoms with Crippen molar-refractivity contribution in [2.75, 3.05) is 6.61 Å². The van der Waals surface area contributed by atoms with Gasteiger partial charge in [-0.05, 0) is 24.6 Å². The lowest BCUT2D eigenvalue weighted by molar-refractivity contribution is -0.136. The predicted molar refractivity (Wildman–Crippen MR) is 79.4 cm³/mol. The molecule has 0 saturated heterocycles. The number of halogens is 4. The Hall–Kier alpha value is -1.30. The van der Waals surface area contributed by atoms with Gasteiger partial charge in [-0.1, -0.05) is 46.9 Å². The van der Waals surface area contributed by atoms with Gasteiger partial charge in [-0.15, -0.1) is 0 Å². The highest BCUT2D eigenvalue weighted by Crippen LogP contribution is 2.26. The third-order valence-corrected chi connectivity index (χ3v) is 2.77. The van der Waals surface area contributed by atoms with Gasteiger partial charge in [0.25, 0.3) is 9.70 Å². The van der Waals surface area contributed by atoms with Crippen molar-refractivity contribution in [2.24, 2.45) is 0 Å². The van der Waals surface area contributed by atoms with Crippen LogP contribution in [0.4, 0.5) is 4.39 Å². The Morgan fingerprint density at radius 1 is 1.29 bits per heavy atom. The first-order valence-corrected chi connectivity index (χ1v) is 6.90. The molecule has 0 bridgehead atoms. The largest absolute Gasteiger partial charge is 0.462 e. The van der Waals surface area contributed by atoms with Crippen molar-refractivity contribution in [1.29, 1.82) is 0 Å². The molecule has 4 nitrogen and oxygen atoms in total. The summed E-state index contributed by atoms with van der Waals surface area (Å²) in [6.45, 7) is 1.76. The Morgan fingerprint density at radius 3 is 2.33 bits per heavy atom. The fourth-order valence-electron chi connectivity index (χ4n) is 1.32. The van der Waals surface area contributed by atoms with Crippen LogP contribution in [-0.2, 0) is 14.3 Å². The van der Waals surface area contributed by atoms with E-state index < -0.39 is 21.5 Å². The maximum atomic E-state index is 12.9. The first kappa shape index (κ1) is 17.8. The highest BCUT2D eigenvalue weighted by molar-refractivity contribution is 6.76. The lowest BCUT2D eigenvalue weighted by Crippen LogP contribution is -2.31. The summed E-state index contributed by atoms with van der Waals surface area (Å²) in [6, 6.07) is 5.05. The van der Waals surface area contributed by atoms with Crippen LogP contribution in [0.25, 0.3) is 5.57 Å². The molecule has 0 spiro atoms. The second kappa shape index (κ2) is 7.64. The summed E-state index contributed by atoms with van der Waals surface area (Å²) in [5.74, 6) is -2.10. The molecule has 8 heteroatoms. The number of carbonyl (C=O) groups excluding carboxylic acids is 2. The van der Waals surface area contributed by atoms with Crippen molar-refractivity contribution in [3.05, 3.63) is 41.8 Å². The van der Waals surface area contributed by atoms with Crippen LogP contribution in [0.3, 0.4) is 0 Å². The van der Waals surface area contributed by atoms with Crippen LogP contribution in [0, 0.1) is 5.82 Å². The van der Waals surface area contributed by atoms with Crippen LogP contribution in [-0.4, -0.2) is 22.3 Å². The quantitative estimate of drug-likeness (QED) is 0.513. The molecule has 0 saturated carbocycles. The number of nitrogens with one attached hydrogen (secondary N) is 1. The Morgan fingerprint density at radius 2 is 1.86 bits per heavy atom. The molecule has 0 atom stereocenters. The molecule has 1 aromatic rings. The SMILES string of the molecule is CCOC(=O)/C(=C/NC(=O)C(Cl)(Cl)Cl)c1ccc(F)cc1. The molecule has 1 N–H and O–H groups in total. The number of amides is 1. The topological polar surface area (TPSA) is 55.4 Å². The van der Waals surface area contributed by atoms with Crippen molar-refractivity contribution in [3.8, 4) is 0 Å². The zero-order valence-electron chi connectivity index (χ0n) is 10.8. The van der Waals surface area contributed by atoms with E-state index in [4.69, 9.17) is 39.5 Å². The molecule has 1 rings (SSSR count). The van der Waals surface area contributed by atoms with E-state index in [-0.39, 0.29) is 12.2 Å². The Bertz CT molecular complexity index is 553. The van der Waals surface area contributed by atoms with Gasteiger partial charge in [0.05, 0.1) is 12.2 Å². The molecule has 1 amide bonds. The maximum absolute atomic E-state index is 12.9. The van der Waals surface area contributed by atoms with Crippen molar-refractivity contribution >= 4 is 52.3 Å². The number of benzene rings is 1. The van der Waals surface area contributed by atoms with Crippen LogP contribution in [0.2, 0.25) is 0 Å². The van der Waals surface area contributed by atoms with E-state index in [2.05, 4.69) is 5.32 Å². The molecule has 0 heterocycles. The summed E-state index contributed by atoms with van der Waals surface area (Å²) < 4.78 is 15.6. The highest BCUT2D eigenvalue weighted by atomic mass is 35.6. The third-order valence-electron chi connectivity index (χ3n) is 2.26. The van der Waals surface area contributed by atoms with Gasteiger partial charge in [0.2, 0.25) is 0 Å². The van der Waals surface area contributed by atoms with Gasteiger partial charge in [0, 0.05) is 6.20 Å². The van der Waals surface area contributed by atoms with Crippen molar-refractivity contribution in [2.45, 2.75) is 10.7 Å². The number of carbonyl (C=O) groups is 2. The van der Waals surface area contributed by atoms with E-state index >= 15 is 0 Å². The molecule has 0 aromatic heterocycles. The molecular weight excluding hydrogens is 344 g/mol. The standard InChI is InChI=1S/C13H11Cl3FNO3/c1-2-21-11(19)10(7-18-12(20)13(14,15)16)8-3-5-9(17)6-4-8/h3-7H,2H2,1H3,(H,18,20)/b10-7+. The second-order valence-electron chi connectivity index (χ2n) is 3.76. The molecule has 0 radical (unpaired) electrons. The monoisotopic (exact) mass is 353 g/mol. The van der Waals surface area contributed by atoms with E-state index in [0.29, 0.717) is 5.56 Å². The maximum Gasteiger partial charge on any atom is 0.340 e. The minimum atomic E-state index is -2.17. The number of esters is 1. The van der Waals surface area contributed by atoms with E-state index in [9.17, 15) is 14.0 Å². The van der Waals surface area contributed by atoms with Crippen molar-refractivity contribution in [3.63, 3.8) is 0 Å². The van der Waals surface area contributed by atoms with Gasteiger partial charge in [0.15, 0.2) is 0 Å². The number of hydrogen-bond acceptors (Lipinski definition) is 3. The first-order chi connectivity index (χ1) is 9.75. The third kappa shape index (κ3) is 5.53. The average Bonchev–Trinajstić information content (AvgIpc) is 2.40. The van der Waals surface area contributed by atoms with Gasteiger partial charge in [-0.2, -0.15) is 0 Å². The summed E-state index contributed by atoms with van der Waals surface area (Å²) >= 11 is 16.2. The smallest absolute Gasteiger partial charge is 0.340 e. The molecule has 0 aliphatic heterocycles. The van der Waals surface area contributed by atoms with Gasteiger partial charge < -0.3 is 10.1 Å². The molecule has 0 aliphatic rings. The van der Waals surface area contributed by atoms with Crippen LogP contribution in [0.15, 0.2) is 30.5 Å². The number of ether oxygens (including phenoxy) is 1. The van der Waals surface area contributed by atoms with E-state index in [0.717, 1.165) is 6.20 Å². The van der Waals surface area contributed by atoms with Gasteiger partial charge in [0.1, 0.15) is 5.82 Å². The molecular formula is C13H11Cl3FNO3. The molecule has 1 aromatic carbocycles. The zero-order valence-corrected chi connectivity index (χ0v) is 13.1. The van der Waals surface area contributed by atoms with Gasteiger partial charge >= 0.3 is 5.97 Å². The lowest BCUT2D eigenvalue weighted by atomic mass is 10.1. The number of alkyl halides is 3. The van der Waals surface area contributed by atoms with E-state index in [1.165, 1.54) is 24.3 Å². The minimum Gasteiger partial charge on any atom is -0.462 e. The number of rotatable bonds is 4. The minimum absolute atomic E-state index is 0.000509. The van der Waals surface area contributed by atoms with Crippen LogP contribution in [0.5, 0.6) is 0 Å². The molecule has 0 aliphatic carbocycles. The summed E-state index contributed by atoms with van der Waals surface area (Å²) in [7, 11) is 0. The van der Waals surface area contributed by atoms with Crippen molar-refractivity contribution in [1.82, 2.24) is 5.32 Å². The summed E-state index contributed by atoms with van der Waals surface area (Å²) in [4.78, 5) is 23.3.